The average molecular weight is 310 g/mol. The lowest BCUT2D eigenvalue weighted by molar-refractivity contribution is -0.145. The van der Waals surface area contributed by atoms with Gasteiger partial charge < -0.3 is 4.74 Å². The third-order valence-corrected chi connectivity index (χ3v) is 4.53. The Morgan fingerprint density at radius 3 is 2.76 bits per heavy atom. The summed E-state index contributed by atoms with van der Waals surface area (Å²) in [5, 5.41) is 0.772. The van der Waals surface area contributed by atoms with Crippen molar-refractivity contribution in [1.82, 2.24) is 4.90 Å². The summed E-state index contributed by atoms with van der Waals surface area (Å²) in [4.78, 5) is 14.1. The molecule has 2 unspecified atom stereocenters. The summed E-state index contributed by atoms with van der Waals surface area (Å²) in [5.41, 5.74) is 1.28. The Balaban J connectivity index is 1.98. The number of ether oxygens (including phenoxy) is 1. The van der Waals surface area contributed by atoms with E-state index in [0.717, 1.165) is 31.0 Å². The molecule has 2 rings (SSSR count). The highest BCUT2D eigenvalue weighted by Crippen LogP contribution is 2.25. The van der Waals surface area contributed by atoms with Gasteiger partial charge >= 0.3 is 5.97 Å². The molecule has 1 aliphatic rings. The van der Waals surface area contributed by atoms with Gasteiger partial charge in [0.2, 0.25) is 0 Å². The molecule has 1 fully saturated rings. The largest absolute Gasteiger partial charge is 0.469 e. The van der Waals surface area contributed by atoms with Crippen molar-refractivity contribution in [3.05, 3.63) is 34.9 Å². The third-order valence-electron chi connectivity index (χ3n) is 4.28. The first-order valence-electron chi connectivity index (χ1n) is 7.66. The molecule has 2 atom stereocenters. The van der Waals surface area contributed by atoms with Crippen LogP contribution in [0.1, 0.15) is 38.2 Å². The van der Waals surface area contributed by atoms with E-state index in [2.05, 4.69) is 17.0 Å². The van der Waals surface area contributed by atoms with Gasteiger partial charge in [0.1, 0.15) is 0 Å². The fourth-order valence-electron chi connectivity index (χ4n) is 3.06. The Kier molecular flexibility index (Phi) is 6.07. The van der Waals surface area contributed by atoms with E-state index < -0.39 is 0 Å². The van der Waals surface area contributed by atoms with E-state index in [1.807, 2.05) is 19.1 Å². The van der Waals surface area contributed by atoms with Crippen LogP contribution in [-0.4, -0.2) is 30.6 Å². The zero-order valence-corrected chi connectivity index (χ0v) is 13.6. The Bertz CT molecular complexity index is 460. The number of methoxy groups -OCH3 is 1. The number of rotatable bonds is 5. The predicted octanol–water partition coefficient (Wildman–Crippen LogP) is 3.89. The highest BCUT2D eigenvalue weighted by molar-refractivity contribution is 6.30. The van der Waals surface area contributed by atoms with Gasteiger partial charge in [0.05, 0.1) is 13.0 Å². The summed E-state index contributed by atoms with van der Waals surface area (Å²) in [5.74, 6) is -0.141. The van der Waals surface area contributed by atoms with Gasteiger partial charge in [-0.25, -0.2) is 0 Å². The Labute approximate surface area is 132 Å². The first-order valence-corrected chi connectivity index (χ1v) is 8.04. The zero-order valence-electron chi connectivity index (χ0n) is 12.8. The van der Waals surface area contributed by atoms with Crippen LogP contribution in [0.15, 0.2) is 24.3 Å². The van der Waals surface area contributed by atoms with E-state index in [0.29, 0.717) is 6.04 Å². The van der Waals surface area contributed by atoms with Gasteiger partial charge in [-0.2, -0.15) is 0 Å². The molecule has 1 saturated heterocycles. The van der Waals surface area contributed by atoms with Gasteiger partial charge in [0.15, 0.2) is 0 Å². The number of likely N-dealkylation sites (tertiary alicyclic amines) is 1. The summed E-state index contributed by atoms with van der Waals surface area (Å²) >= 11 is 5.94. The SMILES string of the molecule is COC(=O)C(C)CC1CCCCN1Cc1ccc(Cl)cc1. The minimum absolute atomic E-state index is 0.0363. The molecule has 0 spiro atoms. The minimum Gasteiger partial charge on any atom is -0.469 e. The quantitative estimate of drug-likeness (QED) is 0.773. The van der Waals surface area contributed by atoms with Crippen LogP contribution in [0.3, 0.4) is 0 Å². The maximum atomic E-state index is 11.6. The zero-order chi connectivity index (χ0) is 15.2. The molecule has 0 amide bonds. The summed E-state index contributed by atoms with van der Waals surface area (Å²) in [7, 11) is 1.46. The second kappa shape index (κ2) is 7.81. The molecule has 0 bridgehead atoms. The molecule has 1 aromatic carbocycles. The van der Waals surface area contributed by atoms with E-state index in [-0.39, 0.29) is 11.9 Å². The smallest absolute Gasteiger partial charge is 0.308 e. The molecule has 21 heavy (non-hydrogen) atoms. The number of benzene rings is 1. The third kappa shape index (κ3) is 4.72. The molecular weight excluding hydrogens is 286 g/mol. The second-order valence-corrected chi connectivity index (χ2v) is 6.34. The highest BCUT2D eigenvalue weighted by atomic mass is 35.5. The number of esters is 1. The van der Waals surface area contributed by atoms with E-state index in [9.17, 15) is 4.79 Å². The molecular formula is C17H24ClNO2. The first-order chi connectivity index (χ1) is 10.1. The van der Waals surface area contributed by atoms with Crippen LogP contribution in [0.2, 0.25) is 5.02 Å². The monoisotopic (exact) mass is 309 g/mol. The normalized spacial score (nSPS) is 21.0. The number of hydrogen-bond acceptors (Lipinski definition) is 3. The standard InChI is InChI=1S/C17H24ClNO2/c1-13(17(20)21-2)11-16-5-3-4-10-19(16)12-14-6-8-15(18)9-7-14/h6-9,13,16H,3-5,10-12H2,1-2H3. The molecule has 0 aliphatic carbocycles. The average Bonchev–Trinajstić information content (AvgIpc) is 2.50. The highest BCUT2D eigenvalue weighted by Gasteiger charge is 2.26. The fraction of sp³-hybridized carbons (Fsp3) is 0.588. The fourth-order valence-corrected chi connectivity index (χ4v) is 3.19. The predicted molar refractivity (Wildman–Crippen MR) is 85.3 cm³/mol. The lowest BCUT2D eigenvalue weighted by Gasteiger charge is -2.36. The summed E-state index contributed by atoms with van der Waals surface area (Å²) < 4.78 is 4.85. The molecule has 4 heteroatoms. The molecule has 0 saturated carbocycles. The topological polar surface area (TPSA) is 29.5 Å². The number of carbonyl (C=O) groups is 1. The van der Waals surface area contributed by atoms with Crippen LogP contribution < -0.4 is 0 Å². The van der Waals surface area contributed by atoms with Crippen molar-refractivity contribution in [1.29, 1.82) is 0 Å². The second-order valence-electron chi connectivity index (χ2n) is 5.91. The number of carbonyl (C=O) groups excluding carboxylic acids is 1. The maximum Gasteiger partial charge on any atom is 0.308 e. The molecule has 0 radical (unpaired) electrons. The molecule has 0 aromatic heterocycles. The number of piperidine rings is 1. The number of halogens is 1. The lowest BCUT2D eigenvalue weighted by atomic mass is 9.92. The van der Waals surface area contributed by atoms with Crippen LogP contribution in [-0.2, 0) is 16.1 Å². The Hall–Kier alpha value is -1.06. The molecule has 116 valence electrons. The van der Waals surface area contributed by atoms with Gasteiger partial charge in [-0.3, -0.25) is 9.69 Å². The van der Waals surface area contributed by atoms with Gasteiger partial charge in [-0.05, 0) is 43.5 Å². The Morgan fingerprint density at radius 1 is 1.38 bits per heavy atom. The van der Waals surface area contributed by atoms with Crippen LogP contribution in [0.5, 0.6) is 0 Å². The van der Waals surface area contributed by atoms with E-state index in [4.69, 9.17) is 16.3 Å². The van der Waals surface area contributed by atoms with Crippen LogP contribution in [0.25, 0.3) is 0 Å². The van der Waals surface area contributed by atoms with Crippen molar-refractivity contribution < 1.29 is 9.53 Å². The van der Waals surface area contributed by atoms with Crippen molar-refractivity contribution in [3.8, 4) is 0 Å². The molecule has 0 N–H and O–H groups in total. The molecule has 1 aliphatic heterocycles. The van der Waals surface area contributed by atoms with Crippen LogP contribution in [0, 0.1) is 5.92 Å². The van der Waals surface area contributed by atoms with Crippen LogP contribution >= 0.6 is 11.6 Å². The van der Waals surface area contributed by atoms with Gasteiger partial charge in [0, 0.05) is 17.6 Å². The molecule has 1 heterocycles. The van der Waals surface area contributed by atoms with Gasteiger partial charge in [-0.15, -0.1) is 0 Å². The maximum absolute atomic E-state index is 11.6. The van der Waals surface area contributed by atoms with Crippen LogP contribution in [0.4, 0.5) is 0 Å². The van der Waals surface area contributed by atoms with E-state index in [1.165, 1.54) is 25.5 Å². The van der Waals surface area contributed by atoms with Gasteiger partial charge in [0.25, 0.3) is 0 Å². The van der Waals surface area contributed by atoms with Gasteiger partial charge in [-0.1, -0.05) is 37.1 Å². The summed E-state index contributed by atoms with van der Waals surface area (Å²) in [6.45, 7) is 3.98. The van der Waals surface area contributed by atoms with Crippen molar-refractivity contribution in [2.24, 2.45) is 5.92 Å². The lowest BCUT2D eigenvalue weighted by Crippen LogP contribution is -2.40. The van der Waals surface area contributed by atoms with E-state index in [1.54, 1.807) is 0 Å². The minimum atomic E-state index is -0.105. The molecule has 3 nitrogen and oxygen atoms in total. The van der Waals surface area contributed by atoms with Crippen molar-refractivity contribution in [2.45, 2.75) is 45.2 Å². The van der Waals surface area contributed by atoms with Crippen molar-refractivity contribution >= 4 is 17.6 Å². The molecule has 1 aromatic rings. The van der Waals surface area contributed by atoms with E-state index >= 15 is 0 Å². The summed E-state index contributed by atoms with van der Waals surface area (Å²) in [6, 6.07) is 8.50. The first kappa shape index (κ1) is 16.3. The number of nitrogens with zero attached hydrogens (tertiary/aromatic N) is 1. The number of hydrogen-bond donors (Lipinski definition) is 0. The van der Waals surface area contributed by atoms with Crippen molar-refractivity contribution in [2.75, 3.05) is 13.7 Å². The van der Waals surface area contributed by atoms with Crippen molar-refractivity contribution in [3.63, 3.8) is 0 Å². The Morgan fingerprint density at radius 2 is 2.10 bits per heavy atom. The summed E-state index contributed by atoms with van der Waals surface area (Å²) in [6.07, 6.45) is 4.52.